The van der Waals surface area contributed by atoms with E-state index in [2.05, 4.69) is 25.5 Å². The number of nitrogens with zero attached hydrogens (tertiary/aromatic N) is 4. The summed E-state index contributed by atoms with van der Waals surface area (Å²) in [6.45, 7) is 11.8. The number of carbonyl (C=O) groups excluding carboxylic acids is 1. The van der Waals surface area contributed by atoms with E-state index in [0.717, 1.165) is 62.5 Å². The Morgan fingerprint density at radius 2 is 1.96 bits per heavy atom. The Hall–Kier alpha value is -1.67. The predicted octanol–water partition coefficient (Wildman–Crippen LogP) is 0.589. The molecule has 0 atom stereocenters. The molecule has 1 fully saturated rings. The third-order valence-electron chi connectivity index (χ3n) is 4.18. The smallest absolute Gasteiger partial charge is 0.219 e. The topological polar surface area (TPSA) is 72.9 Å². The van der Waals surface area contributed by atoms with Crippen molar-refractivity contribution in [1.29, 1.82) is 0 Å². The van der Waals surface area contributed by atoms with Crippen LogP contribution in [-0.2, 0) is 11.3 Å². The lowest BCUT2D eigenvalue weighted by atomic mass is 10.3. The second-order valence-electron chi connectivity index (χ2n) is 5.94. The van der Waals surface area contributed by atoms with Crippen molar-refractivity contribution in [2.75, 3.05) is 46.3 Å². The van der Waals surface area contributed by atoms with Crippen LogP contribution in [0.25, 0.3) is 0 Å². The van der Waals surface area contributed by atoms with E-state index < -0.39 is 0 Å². The summed E-state index contributed by atoms with van der Waals surface area (Å²) in [6.07, 6.45) is 0. The highest BCUT2D eigenvalue weighted by atomic mass is 32.1. The van der Waals surface area contributed by atoms with Crippen molar-refractivity contribution in [2.24, 2.45) is 4.99 Å². The maximum Gasteiger partial charge on any atom is 0.219 e. The van der Waals surface area contributed by atoms with Crippen molar-refractivity contribution in [1.82, 2.24) is 25.4 Å². The SMILES string of the molecule is CN=C(NCCN1CCN(C(C)=O)CC1)NCc1sc(C)nc1C. The van der Waals surface area contributed by atoms with E-state index in [9.17, 15) is 4.79 Å². The summed E-state index contributed by atoms with van der Waals surface area (Å²) >= 11 is 1.72. The summed E-state index contributed by atoms with van der Waals surface area (Å²) in [7, 11) is 1.78. The van der Waals surface area contributed by atoms with Crippen LogP contribution in [-0.4, -0.2) is 73.0 Å². The highest BCUT2D eigenvalue weighted by Crippen LogP contribution is 2.16. The lowest BCUT2D eigenvalue weighted by Crippen LogP contribution is -2.50. The van der Waals surface area contributed by atoms with Gasteiger partial charge in [0.1, 0.15) is 0 Å². The molecule has 0 radical (unpaired) electrons. The Labute approximate surface area is 148 Å². The first kappa shape index (κ1) is 18.7. The lowest BCUT2D eigenvalue weighted by Gasteiger charge is -2.34. The second-order valence-corrected chi connectivity index (χ2v) is 7.23. The van der Waals surface area contributed by atoms with Crippen molar-refractivity contribution >= 4 is 23.2 Å². The zero-order valence-electron chi connectivity index (χ0n) is 15.1. The Bertz CT molecular complexity index is 577. The summed E-state index contributed by atoms with van der Waals surface area (Å²) < 4.78 is 0. The van der Waals surface area contributed by atoms with E-state index in [-0.39, 0.29) is 5.91 Å². The van der Waals surface area contributed by atoms with E-state index in [4.69, 9.17) is 0 Å². The largest absolute Gasteiger partial charge is 0.355 e. The van der Waals surface area contributed by atoms with Crippen LogP contribution in [0.4, 0.5) is 0 Å². The van der Waals surface area contributed by atoms with Gasteiger partial charge in [-0.2, -0.15) is 0 Å². The fraction of sp³-hybridized carbons (Fsp3) is 0.688. The molecular formula is C16H28N6OS. The third-order valence-corrected chi connectivity index (χ3v) is 5.25. The fourth-order valence-electron chi connectivity index (χ4n) is 2.74. The van der Waals surface area contributed by atoms with Crippen molar-refractivity contribution in [2.45, 2.75) is 27.3 Å². The Kier molecular flexibility index (Phi) is 6.99. The summed E-state index contributed by atoms with van der Waals surface area (Å²) in [5, 5.41) is 7.78. The van der Waals surface area contributed by atoms with Gasteiger partial charge in [-0.15, -0.1) is 11.3 Å². The minimum atomic E-state index is 0.172. The molecule has 0 aliphatic carbocycles. The van der Waals surface area contributed by atoms with Gasteiger partial charge in [-0.25, -0.2) is 4.98 Å². The van der Waals surface area contributed by atoms with Crippen LogP contribution in [0.15, 0.2) is 4.99 Å². The minimum Gasteiger partial charge on any atom is -0.355 e. The molecular weight excluding hydrogens is 324 g/mol. The highest BCUT2D eigenvalue weighted by Gasteiger charge is 2.17. The maximum atomic E-state index is 11.3. The van der Waals surface area contributed by atoms with Gasteiger partial charge in [0.15, 0.2) is 5.96 Å². The van der Waals surface area contributed by atoms with Crippen LogP contribution in [0.5, 0.6) is 0 Å². The van der Waals surface area contributed by atoms with Gasteiger partial charge in [0.05, 0.1) is 17.2 Å². The number of aryl methyl sites for hydroxylation is 2. The first-order chi connectivity index (χ1) is 11.5. The van der Waals surface area contributed by atoms with Crippen LogP contribution in [0.3, 0.4) is 0 Å². The average Bonchev–Trinajstić information content (AvgIpc) is 2.88. The normalized spacial score (nSPS) is 16.3. The minimum absolute atomic E-state index is 0.172. The van der Waals surface area contributed by atoms with Crippen LogP contribution >= 0.6 is 11.3 Å². The van der Waals surface area contributed by atoms with E-state index in [1.807, 2.05) is 18.7 Å². The lowest BCUT2D eigenvalue weighted by molar-refractivity contribution is -0.130. The maximum absolute atomic E-state index is 11.3. The summed E-state index contributed by atoms with van der Waals surface area (Å²) in [4.78, 5) is 25.6. The molecule has 24 heavy (non-hydrogen) atoms. The fourth-order valence-corrected chi connectivity index (χ4v) is 3.62. The summed E-state index contributed by atoms with van der Waals surface area (Å²) in [6, 6.07) is 0. The van der Waals surface area contributed by atoms with Crippen LogP contribution in [0.1, 0.15) is 22.5 Å². The Balaban J connectivity index is 1.67. The molecule has 7 nitrogen and oxygen atoms in total. The zero-order chi connectivity index (χ0) is 17.5. The number of amides is 1. The van der Waals surface area contributed by atoms with Crippen molar-refractivity contribution < 1.29 is 4.79 Å². The van der Waals surface area contributed by atoms with Crippen LogP contribution in [0.2, 0.25) is 0 Å². The molecule has 1 aromatic heterocycles. The number of piperazine rings is 1. The van der Waals surface area contributed by atoms with Gasteiger partial charge < -0.3 is 15.5 Å². The third kappa shape index (κ3) is 5.45. The van der Waals surface area contributed by atoms with Gasteiger partial charge in [0, 0.05) is 58.1 Å². The van der Waals surface area contributed by atoms with E-state index >= 15 is 0 Å². The molecule has 8 heteroatoms. The molecule has 0 aromatic carbocycles. The summed E-state index contributed by atoms with van der Waals surface area (Å²) in [5.74, 6) is 0.980. The van der Waals surface area contributed by atoms with Crippen LogP contribution < -0.4 is 10.6 Å². The Morgan fingerprint density at radius 1 is 1.25 bits per heavy atom. The predicted molar refractivity (Wildman–Crippen MR) is 98.5 cm³/mol. The van der Waals surface area contributed by atoms with Gasteiger partial charge in [0.2, 0.25) is 5.91 Å². The van der Waals surface area contributed by atoms with E-state index in [1.165, 1.54) is 4.88 Å². The number of rotatable bonds is 5. The molecule has 2 rings (SSSR count). The number of aliphatic imine (C=N–C) groups is 1. The zero-order valence-corrected chi connectivity index (χ0v) is 15.9. The van der Waals surface area contributed by atoms with Gasteiger partial charge in [-0.05, 0) is 13.8 Å². The number of nitrogens with one attached hydrogen (secondary N) is 2. The summed E-state index contributed by atoms with van der Waals surface area (Å²) in [5.41, 5.74) is 1.09. The number of hydrogen-bond acceptors (Lipinski definition) is 5. The molecule has 2 heterocycles. The van der Waals surface area contributed by atoms with Crippen molar-refractivity contribution in [3.63, 3.8) is 0 Å². The van der Waals surface area contributed by atoms with Gasteiger partial charge in [0.25, 0.3) is 0 Å². The molecule has 1 amide bonds. The first-order valence-electron chi connectivity index (χ1n) is 8.35. The standard InChI is InChI=1S/C16H28N6OS/c1-12-15(24-13(2)20-12)11-19-16(17-4)18-5-6-21-7-9-22(10-8-21)14(3)23/h5-11H2,1-4H3,(H2,17,18,19). The monoisotopic (exact) mass is 352 g/mol. The quantitative estimate of drug-likeness (QED) is 0.599. The molecule has 0 spiro atoms. The molecule has 134 valence electrons. The molecule has 0 bridgehead atoms. The van der Waals surface area contributed by atoms with Gasteiger partial charge >= 0.3 is 0 Å². The van der Waals surface area contributed by atoms with Crippen molar-refractivity contribution in [3.8, 4) is 0 Å². The van der Waals surface area contributed by atoms with Crippen molar-refractivity contribution in [3.05, 3.63) is 15.6 Å². The molecule has 1 saturated heterocycles. The average molecular weight is 353 g/mol. The van der Waals surface area contributed by atoms with E-state index in [0.29, 0.717) is 0 Å². The number of thiazole rings is 1. The Morgan fingerprint density at radius 3 is 2.50 bits per heavy atom. The molecule has 0 unspecified atom stereocenters. The number of aromatic nitrogens is 1. The molecule has 1 aliphatic heterocycles. The molecule has 1 aliphatic rings. The van der Waals surface area contributed by atoms with Gasteiger partial charge in [-0.1, -0.05) is 0 Å². The van der Waals surface area contributed by atoms with E-state index in [1.54, 1.807) is 25.3 Å². The number of hydrogen-bond donors (Lipinski definition) is 2. The molecule has 1 aromatic rings. The highest BCUT2D eigenvalue weighted by molar-refractivity contribution is 7.11. The number of guanidine groups is 1. The number of carbonyl (C=O) groups is 1. The molecule has 2 N–H and O–H groups in total. The molecule has 0 saturated carbocycles. The second kappa shape index (κ2) is 8.98. The van der Waals surface area contributed by atoms with Gasteiger partial charge in [-0.3, -0.25) is 14.7 Å². The first-order valence-corrected chi connectivity index (χ1v) is 9.16. The van der Waals surface area contributed by atoms with Crippen LogP contribution in [0, 0.1) is 13.8 Å².